The van der Waals surface area contributed by atoms with Crippen LogP contribution in [0, 0.1) is 24.2 Å². The predicted octanol–water partition coefficient (Wildman–Crippen LogP) is 2.78. The van der Waals surface area contributed by atoms with E-state index in [1.54, 1.807) is 0 Å². The lowest BCUT2D eigenvalue weighted by Crippen LogP contribution is -2.08. The molecule has 0 aliphatic heterocycles. The van der Waals surface area contributed by atoms with E-state index in [1.807, 2.05) is 35.9 Å². The third-order valence-electron chi connectivity index (χ3n) is 2.78. The van der Waals surface area contributed by atoms with E-state index in [9.17, 15) is 0 Å². The van der Waals surface area contributed by atoms with Gasteiger partial charge in [0.05, 0.1) is 0 Å². The monoisotopic (exact) mass is 240 g/mol. The third-order valence-corrected chi connectivity index (χ3v) is 2.78. The zero-order valence-electron chi connectivity index (χ0n) is 10.9. The van der Waals surface area contributed by atoms with Crippen LogP contribution in [-0.2, 0) is 6.54 Å². The van der Waals surface area contributed by atoms with Crippen LogP contribution in [0.1, 0.15) is 25.1 Å². The summed E-state index contributed by atoms with van der Waals surface area (Å²) in [5, 5.41) is 17.2. The van der Waals surface area contributed by atoms with E-state index in [4.69, 9.17) is 5.26 Å². The molecule has 0 atom stereocenters. The van der Waals surface area contributed by atoms with Gasteiger partial charge in [0.25, 0.3) is 0 Å². The molecule has 4 heteroatoms. The summed E-state index contributed by atoms with van der Waals surface area (Å²) < 4.78 is 1.82. The van der Waals surface area contributed by atoms with Crippen LogP contribution < -0.4 is 0 Å². The molecular weight excluding hydrogens is 224 g/mol. The van der Waals surface area contributed by atoms with Crippen LogP contribution in [0.3, 0.4) is 0 Å². The number of hydrogen-bond acceptors (Lipinski definition) is 3. The molecule has 0 radical (unpaired) electrons. The second-order valence-corrected chi connectivity index (χ2v) is 4.79. The quantitative estimate of drug-likeness (QED) is 0.829. The van der Waals surface area contributed by atoms with Crippen LogP contribution in [0.15, 0.2) is 24.3 Å². The third kappa shape index (κ3) is 2.25. The second-order valence-electron chi connectivity index (χ2n) is 4.79. The van der Waals surface area contributed by atoms with Crippen molar-refractivity contribution in [3.63, 3.8) is 0 Å². The standard InChI is InChI=1S/C14H16N4/c1-10(2)9-18-14(13(8-15)16-17-18)12-7-5-4-6-11(12)3/h4-7,10H,9H2,1-3H3. The maximum absolute atomic E-state index is 9.15. The van der Waals surface area contributed by atoms with Crippen LogP contribution in [-0.4, -0.2) is 15.0 Å². The number of nitrogens with zero attached hydrogens (tertiary/aromatic N) is 4. The number of rotatable bonds is 3. The van der Waals surface area contributed by atoms with E-state index in [-0.39, 0.29) is 0 Å². The molecule has 18 heavy (non-hydrogen) atoms. The second kappa shape index (κ2) is 5.01. The Morgan fingerprint density at radius 1 is 1.33 bits per heavy atom. The molecule has 0 fully saturated rings. The zero-order chi connectivity index (χ0) is 13.1. The van der Waals surface area contributed by atoms with Crippen molar-refractivity contribution in [2.45, 2.75) is 27.3 Å². The average molecular weight is 240 g/mol. The number of nitriles is 1. The largest absolute Gasteiger partial charge is 0.243 e. The topological polar surface area (TPSA) is 54.5 Å². The summed E-state index contributed by atoms with van der Waals surface area (Å²) in [7, 11) is 0. The van der Waals surface area contributed by atoms with E-state index >= 15 is 0 Å². The van der Waals surface area contributed by atoms with Gasteiger partial charge in [-0.25, -0.2) is 4.68 Å². The highest BCUT2D eigenvalue weighted by molar-refractivity contribution is 5.68. The molecule has 1 aromatic carbocycles. The number of hydrogen-bond donors (Lipinski definition) is 0. The molecule has 0 spiro atoms. The van der Waals surface area contributed by atoms with Crippen molar-refractivity contribution in [2.75, 3.05) is 0 Å². The maximum Gasteiger partial charge on any atom is 0.190 e. The van der Waals surface area contributed by atoms with Crippen LogP contribution in [0.4, 0.5) is 0 Å². The fourth-order valence-electron chi connectivity index (χ4n) is 1.97. The summed E-state index contributed by atoms with van der Waals surface area (Å²) in [6.07, 6.45) is 0. The summed E-state index contributed by atoms with van der Waals surface area (Å²) in [5.74, 6) is 0.459. The Hall–Kier alpha value is -2.15. The molecule has 4 nitrogen and oxygen atoms in total. The lowest BCUT2D eigenvalue weighted by molar-refractivity contribution is 0.475. The molecule has 0 N–H and O–H groups in total. The Balaban J connectivity index is 2.58. The van der Waals surface area contributed by atoms with E-state index in [0.29, 0.717) is 11.6 Å². The highest BCUT2D eigenvalue weighted by Crippen LogP contribution is 2.25. The minimum absolute atomic E-state index is 0.393. The summed E-state index contributed by atoms with van der Waals surface area (Å²) in [6, 6.07) is 10.1. The lowest BCUT2D eigenvalue weighted by Gasteiger charge is -2.10. The minimum atomic E-state index is 0.393. The van der Waals surface area contributed by atoms with Gasteiger partial charge in [-0.3, -0.25) is 0 Å². The van der Waals surface area contributed by atoms with Crippen LogP contribution >= 0.6 is 0 Å². The Morgan fingerprint density at radius 3 is 2.67 bits per heavy atom. The van der Waals surface area contributed by atoms with Crippen LogP contribution in [0.2, 0.25) is 0 Å². The first-order valence-electron chi connectivity index (χ1n) is 6.03. The molecule has 2 aromatic rings. The van der Waals surface area contributed by atoms with E-state index in [2.05, 4.69) is 30.2 Å². The van der Waals surface area contributed by atoms with Crippen molar-refractivity contribution in [1.82, 2.24) is 15.0 Å². The highest BCUT2D eigenvalue weighted by atomic mass is 15.4. The maximum atomic E-state index is 9.15. The van der Waals surface area contributed by atoms with Gasteiger partial charge in [0.15, 0.2) is 5.69 Å². The normalized spacial score (nSPS) is 10.6. The van der Waals surface area contributed by atoms with Gasteiger partial charge in [0.2, 0.25) is 0 Å². The fraction of sp³-hybridized carbons (Fsp3) is 0.357. The molecule has 0 aliphatic carbocycles. The lowest BCUT2D eigenvalue weighted by atomic mass is 10.0. The molecule has 1 heterocycles. The molecule has 0 unspecified atom stereocenters. The van der Waals surface area contributed by atoms with Gasteiger partial charge in [-0.2, -0.15) is 5.26 Å². The van der Waals surface area contributed by atoms with Gasteiger partial charge in [0.1, 0.15) is 11.8 Å². The van der Waals surface area contributed by atoms with Gasteiger partial charge in [0, 0.05) is 12.1 Å². The predicted molar refractivity (Wildman–Crippen MR) is 69.7 cm³/mol. The van der Waals surface area contributed by atoms with Crippen LogP contribution in [0.25, 0.3) is 11.3 Å². The van der Waals surface area contributed by atoms with Crippen LogP contribution in [0.5, 0.6) is 0 Å². The first-order chi connectivity index (χ1) is 8.63. The smallest absolute Gasteiger partial charge is 0.190 e. The highest BCUT2D eigenvalue weighted by Gasteiger charge is 2.16. The molecule has 92 valence electrons. The Kier molecular flexibility index (Phi) is 3.42. The van der Waals surface area contributed by atoms with Gasteiger partial charge in [-0.05, 0) is 18.4 Å². The molecular formula is C14H16N4. The van der Waals surface area contributed by atoms with Gasteiger partial charge in [-0.1, -0.05) is 43.3 Å². The minimum Gasteiger partial charge on any atom is -0.243 e. The van der Waals surface area contributed by atoms with Crippen molar-refractivity contribution in [1.29, 1.82) is 5.26 Å². The van der Waals surface area contributed by atoms with Gasteiger partial charge < -0.3 is 0 Å². The molecule has 0 saturated carbocycles. The van der Waals surface area contributed by atoms with E-state index < -0.39 is 0 Å². The van der Waals surface area contributed by atoms with Gasteiger partial charge >= 0.3 is 0 Å². The Bertz CT molecular complexity index is 590. The number of benzene rings is 1. The summed E-state index contributed by atoms with van der Waals surface area (Å²) in [5.41, 5.74) is 3.37. The Morgan fingerprint density at radius 2 is 2.06 bits per heavy atom. The number of aryl methyl sites for hydroxylation is 1. The average Bonchev–Trinajstić information content (AvgIpc) is 2.72. The van der Waals surface area contributed by atoms with Crippen molar-refractivity contribution in [3.8, 4) is 17.3 Å². The molecule has 0 saturated heterocycles. The summed E-state index contributed by atoms with van der Waals surface area (Å²) in [4.78, 5) is 0. The molecule has 2 rings (SSSR count). The summed E-state index contributed by atoms with van der Waals surface area (Å²) in [6.45, 7) is 7.03. The van der Waals surface area contributed by atoms with Crippen molar-refractivity contribution in [3.05, 3.63) is 35.5 Å². The fourth-order valence-corrected chi connectivity index (χ4v) is 1.97. The van der Waals surface area contributed by atoms with Crippen molar-refractivity contribution in [2.24, 2.45) is 5.92 Å². The molecule has 0 aliphatic rings. The number of aromatic nitrogens is 3. The van der Waals surface area contributed by atoms with Crippen molar-refractivity contribution < 1.29 is 0 Å². The van der Waals surface area contributed by atoms with Crippen molar-refractivity contribution >= 4 is 0 Å². The van der Waals surface area contributed by atoms with Gasteiger partial charge in [-0.15, -0.1) is 5.10 Å². The summed E-state index contributed by atoms with van der Waals surface area (Å²) >= 11 is 0. The zero-order valence-corrected chi connectivity index (χ0v) is 10.9. The first kappa shape index (κ1) is 12.3. The first-order valence-corrected chi connectivity index (χ1v) is 6.03. The Labute approximate surface area is 107 Å². The SMILES string of the molecule is Cc1ccccc1-c1c(C#N)nnn1CC(C)C. The molecule has 0 amide bonds. The molecule has 1 aromatic heterocycles. The molecule has 0 bridgehead atoms. The van der Waals surface area contributed by atoms with E-state index in [1.165, 1.54) is 0 Å². The van der Waals surface area contributed by atoms with E-state index in [0.717, 1.165) is 23.4 Å².